The van der Waals surface area contributed by atoms with E-state index in [-0.39, 0.29) is 6.54 Å². The zero-order chi connectivity index (χ0) is 15.0. The Morgan fingerprint density at radius 2 is 1.81 bits per heavy atom. The predicted molar refractivity (Wildman–Crippen MR) is 70.6 cm³/mol. The molecule has 4 nitrogen and oxygen atoms in total. The van der Waals surface area contributed by atoms with Crippen LogP contribution in [-0.2, 0) is 25.8 Å². The molecule has 0 saturated carbocycles. The molecule has 0 atom stereocenters. The van der Waals surface area contributed by atoms with Gasteiger partial charge in [-0.1, -0.05) is 23.7 Å². The Morgan fingerprint density at radius 1 is 1.10 bits per heavy atom. The van der Waals surface area contributed by atoms with Gasteiger partial charge in [0.25, 0.3) is 0 Å². The molecule has 1 aromatic carbocycles. The number of alkyl halides is 3. The van der Waals surface area contributed by atoms with Gasteiger partial charge < -0.3 is 4.57 Å². The highest BCUT2D eigenvalue weighted by molar-refractivity contribution is 6.30. The van der Waals surface area contributed by atoms with Gasteiger partial charge in [0.2, 0.25) is 5.82 Å². The maximum atomic E-state index is 12.7. The van der Waals surface area contributed by atoms with Crippen LogP contribution in [0.15, 0.2) is 24.3 Å². The second-order valence-corrected chi connectivity index (χ2v) is 5.36. The van der Waals surface area contributed by atoms with E-state index in [0.717, 1.165) is 10.1 Å². The first-order chi connectivity index (χ1) is 9.93. The highest BCUT2D eigenvalue weighted by Crippen LogP contribution is 2.29. The number of hydrogen-bond donors (Lipinski definition) is 0. The number of fused-ring (bicyclic) bond motifs is 1. The summed E-state index contributed by atoms with van der Waals surface area (Å²) in [5.74, 6) is -0.564. The summed E-state index contributed by atoms with van der Waals surface area (Å²) < 4.78 is 39.4. The van der Waals surface area contributed by atoms with Gasteiger partial charge in [0, 0.05) is 24.7 Å². The maximum absolute atomic E-state index is 12.7. The number of hydrogen-bond acceptors (Lipinski definition) is 3. The molecule has 0 saturated heterocycles. The smallest absolute Gasteiger partial charge is 0.305 e. The Hall–Kier alpha value is -1.60. The lowest BCUT2D eigenvalue weighted by atomic mass is 10.2. The van der Waals surface area contributed by atoms with Gasteiger partial charge in [-0.05, 0) is 17.7 Å². The normalized spacial score (nSPS) is 16.0. The molecule has 3 rings (SSSR count). The van der Waals surface area contributed by atoms with E-state index in [1.807, 2.05) is 17.0 Å². The van der Waals surface area contributed by atoms with Crippen molar-refractivity contribution >= 4 is 11.6 Å². The number of benzene rings is 1. The third-order valence-electron chi connectivity index (χ3n) is 3.41. The molecule has 0 unspecified atom stereocenters. The summed E-state index contributed by atoms with van der Waals surface area (Å²) in [6, 6.07) is 7.40. The SMILES string of the molecule is FC(F)(F)c1nnc2n1CCN(Cc1ccc(Cl)cc1)C2. The first-order valence-electron chi connectivity index (χ1n) is 6.39. The molecule has 2 aromatic rings. The third kappa shape index (κ3) is 3.03. The van der Waals surface area contributed by atoms with Gasteiger partial charge in [-0.2, -0.15) is 13.2 Å². The van der Waals surface area contributed by atoms with E-state index in [0.29, 0.717) is 30.5 Å². The molecule has 8 heteroatoms. The van der Waals surface area contributed by atoms with Crippen LogP contribution < -0.4 is 0 Å². The predicted octanol–water partition coefficient (Wildman–Crippen LogP) is 2.97. The van der Waals surface area contributed by atoms with Crippen molar-refractivity contribution in [1.82, 2.24) is 19.7 Å². The fourth-order valence-electron chi connectivity index (χ4n) is 2.40. The van der Waals surface area contributed by atoms with E-state index in [2.05, 4.69) is 10.2 Å². The van der Waals surface area contributed by atoms with Crippen LogP contribution in [0.25, 0.3) is 0 Å². The fourth-order valence-corrected chi connectivity index (χ4v) is 2.53. The molecule has 0 N–H and O–H groups in total. The lowest BCUT2D eigenvalue weighted by Crippen LogP contribution is -2.34. The topological polar surface area (TPSA) is 34.0 Å². The Balaban J connectivity index is 1.73. The molecule has 2 heterocycles. The quantitative estimate of drug-likeness (QED) is 0.854. The maximum Gasteiger partial charge on any atom is 0.451 e. The molecule has 0 bridgehead atoms. The molecule has 0 aliphatic carbocycles. The second-order valence-electron chi connectivity index (χ2n) is 4.93. The van der Waals surface area contributed by atoms with Crippen LogP contribution in [0.1, 0.15) is 17.2 Å². The Morgan fingerprint density at radius 3 is 2.48 bits per heavy atom. The minimum absolute atomic E-state index is 0.241. The molecule has 1 aliphatic heterocycles. The van der Waals surface area contributed by atoms with Crippen molar-refractivity contribution in [1.29, 1.82) is 0 Å². The van der Waals surface area contributed by atoms with Crippen LogP contribution in [0.4, 0.5) is 13.2 Å². The number of rotatable bonds is 2. The largest absolute Gasteiger partial charge is 0.451 e. The standard InChI is InChI=1S/C13H12ClF3N4/c14-10-3-1-9(2-4-10)7-20-5-6-21-11(8-20)18-19-12(21)13(15,16)17/h1-4H,5-8H2. The van der Waals surface area contributed by atoms with Crippen molar-refractivity contribution in [2.24, 2.45) is 0 Å². The van der Waals surface area contributed by atoms with Crippen molar-refractivity contribution < 1.29 is 13.2 Å². The third-order valence-corrected chi connectivity index (χ3v) is 3.66. The van der Waals surface area contributed by atoms with E-state index in [1.54, 1.807) is 12.1 Å². The van der Waals surface area contributed by atoms with Crippen LogP contribution in [-0.4, -0.2) is 26.2 Å². The average Bonchev–Trinajstić information content (AvgIpc) is 2.84. The molecule has 0 spiro atoms. The van der Waals surface area contributed by atoms with E-state index in [9.17, 15) is 13.2 Å². The summed E-state index contributed by atoms with van der Waals surface area (Å²) in [5, 5.41) is 7.58. The average molecular weight is 317 g/mol. The molecule has 0 radical (unpaired) electrons. The van der Waals surface area contributed by atoms with Gasteiger partial charge in [-0.15, -0.1) is 10.2 Å². The Labute approximate surface area is 124 Å². The molecule has 1 aliphatic rings. The van der Waals surface area contributed by atoms with Gasteiger partial charge in [0.15, 0.2) is 0 Å². The van der Waals surface area contributed by atoms with Crippen LogP contribution in [0.5, 0.6) is 0 Å². The van der Waals surface area contributed by atoms with Crippen LogP contribution >= 0.6 is 11.6 Å². The van der Waals surface area contributed by atoms with Gasteiger partial charge in [-0.25, -0.2) is 0 Å². The van der Waals surface area contributed by atoms with Crippen LogP contribution in [0.3, 0.4) is 0 Å². The first kappa shape index (κ1) is 14.3. The summed E-state index contributed by atoms with van der Waals surface area (Å²) in [5.41, 5.74) is 1.06. The number of nitrogens with zero attached hydrogens (tertiary/aromatic N) is 4. The van der Waals surface area contributed by atoms with Crippen molar-refractivity contribution in [3.05, 3.63) is 46.5 Å². The summed E-state index contributed by atoms with van der Waals surface area (Å²) in [6.07, 6.45) is -4.45. The van der Waals surface area contributed by atoms with Gasteiger partial charge in [0.1, 0.15) is 5.82 Å². The first-order valence-corrected chi connectivity index (χ1v) is 6.77. The molecule has 0 amide bonds. The minimum Gasteiger partial charge on any atom is -0.305 e. The zero-order valence-corrected chi connectivity index (χ0v) is 11.7. The Bertz CT molecular complexity index is 636. The fraction of sp³-hybridized carbons (Fsp3) is 0.385. The van der Waals surface area contributed by atoms with E-state index in [1.165, 1.54) is 0 Å². The van der Waals surface area contributed by atoms with Crippen LogP contribution in [0, 0.1) is 0 Å². The monoisotopic (exact) mass is 316 g/mol. The van der Waals surface area contributed by atoms with Crippen molar-refractivity contribution in [2.45, 2.75) is 25.8 Å². The molecular formula is C13H12ClF3N4. The molecule has 21 heavy (non-hydrogen) atoms. The van der Waals surface area contributed by atoms with Crippen molar-refractivity contribution in [2.75, 3.05) is 6.54 Å². The highest BCUT2D eigenvalue weighted by atomic mass is 35.5. The highest BCUT2D eigenvalue weighted by Gasteiger charge is 2.39. The van der Waals surface area contributed by atoms with Gasteiger partial charge >= 0.3 is 6.18 Å². The van der Waals surface area contributed by atoms with E-state index < -0.39 is 12.0 Å². The number of halogens is 4. The summed E-state index contributed by atoms with van der Waals surface area (Å²) in [4.78, 5) is 2.04. The minimum atomic E-state index is -4.45. The summed E-state index contributed by atoms with van der Waals surface area (Å²) in [6.45, 7) is 1.76. The summed E-state index contributed by atoms with van der Waals surface area (Å²) in [7, 11) is 0. The lowest BCUT2D eigenvalue weighted by Gasteiger charge is -2.27. The van der Waals surface area contributed by atoms with E-state index >= 15 is 0 Å². The summed E-state index contributed by atoms with van der Waals surface area (Å²) >= 11 is 5.83. The van der Waals surface area contributed by atoms with Gasteiger partial charge in [0.05, 0.1) is 6.54 Å². The van der Waals surface area contributed by atoms with Crippen LogP contribution in [0.2, 0.25) is 5.02 Å². The molecule has 112 valence electrons. The Kier molecular flexibility index (Phi) is 3.62. The molecule has 0 fully saturated rings. The lowest BCUT2D eigenvalue weighted by molar-refractivity contribution is -0.148. The molecular weight excluding hydrogens is 305 g/mol. The second kappa shape index (κ2) is 5.31. The number of aromatic nitrogens is 3. The molecule has 1 aromatic heterocycles. The van der Waals surface area contributed by atoms with E-state index in [4.69, 9.17) is 11.6 Å². The van der Waals surface area contributed by atoms with Crippen molar-refractivity contribution in [3.63, 3.8) is 0 Å². The van der Waals surface area contributed by atoms with Crippen molar-refractivity contribution in [3.8, 4) is 0 Å². The van der Waals surface area contributed by atoms with Gasteiger partial charge in [-0.3, -0.25) is 4.90 Å². The zero-order valence-electron chi connectivity index (χ0n) is 10.9.